The van der Waals surface area contributed by atoms with Crippen LogP contribution in [-0.4, -0.2) is 24.7 Å². The Balaban J connectivity index is 2.14. The molecule has 3 atom stereocenters. The molecular formula is C18H14ClNO4S. The summed E-state index contributed by atoms with van der Waals surface area (Å²) < 4.78 is 26.0. The van der Waals surface area contributed by atoms with Gasteiger partial charge in [-0.3, -0.25) is 4.79 Å². The van der Waals surface area contributed by atoms with Crippen LogP contribution in [0.2, 0.25) is 5.02 Å². The van der Waals surface area contributed by atoms with Crippen molar-refractivity contribution in [3.05, 3.63) is 64.7 Å². The first-order chi connectivity index (χ1) is 11.7. The Labute approximate surface area is 150 Å². The highest BCUT2D eigenvalue weighted by atomic mass is 35.5. The summed E-state index contributed by atoms with van der Waals surface area (Å²) in [5.74, 6) is -2.42. The summed E-state index contributed by atoms with van der Waals surface area (Å²) >= 11 is 5.95. The average molecular weight is 376 g/mol. The monoisotopic (exact) mass is 375 g/mol. The quantitative estimate of drug-likeness (QED) is 0.885. The summed E-state index contributed by atoms with van der Waals surface area (Å²) in [5.41, 5.74) is -0.711. The fourth-order valence-electron chi connectivity index (χ4n) is 3.23. The van der Waals surface area contributed by atoms with E-state index < -0.39 is 32.4 Å². The molecule has 0 unspecified atom stereocenters. The molecule has 2 aromatic rings. The third-order valence-electron chi connectivity index (χ3n) is 4.56. The molecule has 0 saturated heterocycles. The SMILES string of the molecule is Cc1ccc(S(=O)(=O)[C@H]2[C@@H](c3cccc(Cl)c3)[C@@]2(C#N)C(=O)O)cc1. The van der Waals surface area contributed by atoms with Crippen molar-refractivity contribution < 1.29 is 18.3 Å². The highest BCUT2D eigenvalue weighted by molar-refractivity contribution is 7.92. The van der Waals surface area contributed by atoms with Gasteiger partial charge >= 0.3 is 5.97 Å². The number of aryl methyl sites for hydroxylation is 1. The van der Waals surface area contributed by atoms with Crippen molar-refractivity contribution in [2.45, 2.75) is 23.0 Å². The van der Waals surface area contributed by atoms with Crippen LogP contribution in [0.1, 0.15) is 17.0 Å². The summed E-state index contributed by atoms with van der Waals surface area (Å²) in [5, 5.41) is 18.1. The zero-order chi connectivity index (χ0) is 18.4. The molecule has 0 aliphatic heterocycles. The number of nitrogens with zero attached hydrogens (tertiary/aromatic N) is 1. The van der Waals surface area contributed by atoms with Crippen LogP contribution in [0.25, 0.3) is 0 Å². The van der Waals surface area contributed by atoms with Gasteiger partial charge in [-0.15, -0.1) is 0 Å². The molecule has 1 aliphatic carbocycles. The minimum Gasteiger partial charge on any atom is -0.480 e. The maximum Gasteiger partial charge on any atom is 0.326 e. The lowest BCUT2D eigenvalue weighted by Gasteiger charge is -2.05. The lowest BCUT2D eigenvalue weighted by atomic mass is 10.0. The van der Waals surface area contributed by atoms with Crippen LogP contribution in [0, 0.1) is 23.7 Å². The van der Waals surface area contributed by atoms with Gasteiger partial charge in [-0.2, -0.15) is 5.26 Å². The van der Waals surface area contributed by atoms with Crippen LogP contribution in [0.4, 0.5) is 0 Å². The molecule has 0 spiro atoms. The zero-order valence-corrected chi connectivity index (χ0v) is 14.8. The smallest absolute Gasteiger partial charge is 0.326 e. The van der Waals surface area contributed by atoms with Crippen molar-refractivity contribution in [2.75, 3.05) is 0 Å². The minimum absolute atomic E-state index is 0.00787. The van der Waals surface area contributed by atoms with Crippen molar-refractivity contribution in [3.8, 4) is 6.07 Å². The second kappa shape index (κ2) is 5.87. The van der Waals surface area contributed by atoms with E-state index in [1.807, 2.05) is 6.92 Å². The lowest BCUT2D eigenvalue weighted by molar-refractivity contribution is -0.141. The van der Waals surface area contributed by atoms with Crippen LogP contribution in [0.5, 0.6) is 0 Å². The molecule has 5 nitrogen and oxygen atoms in total. The average Bonchev–Trinajstić information content (AvgIpc) is 3.27. The van der Waals surface area contributed by atoms with Crippen LogP contribution in [0.15, 0.2) is 53.4 Å². The van der Waals surface area contributed by atoms with Gasteiger partial charge in [0.05, 0.1) is 11.0 Å². The van der Waals surface area contributed by atoms with Crippen LogP contribution in [-0.2, 0) is 14.6 Å². The fourth-order valence-corrected chi connectivity index (χ4v) is 5.68. The van der Waals surface area contributed by atoms with E-state index in [0.717, 1.165) is 5.56 Å². The third kappa shape index (κ3) is 2.60. The number of hydrogen-bond acceptors (Lipinski definition) is 4. The molecule has 128 valence electrons. The Bertz CT molecular complexity index is 994. The van der Waals surface area contributed by atoms with E-state index in [1.54, 1.807) is 36.4 Å². The number of carboxylic acid groups (broad SMARTS) is 1. The highest BCUT2D eigenvalue weighted by Gasteiger charge is 2.77. The van der Waals surface area contributed by atoms with Gasteiger partial charge in [-0.25, -0.2) is 8.42 Å². The Hall–Kier alpha value is -2.36. The van der Waals surface area contributed by atoms with Gasteiger partial charge in [0, 0.05) is 10.9 Å². The lowest BCUT2D eigenvalue weighted by Crippen LogP contribution is -2.22. The molecule has 3 rings (SSSR count). The van der Waals surface area contributed by atoms with Gasteiger partial charge in [-0.05, 0) is 36.8 Å². The number of nitriles is 1. The summed E-state index contributed by atoms with van der Waals surface area (Å²) in [6, 6.07) is 14.2. The van der Waals surface area contributed by atoms with E-state index in [2.05, 4.69) is 0 Å². The maximum absolute atomic E-state index is 13.0. The number of aliphatic carboxylic acids is 1. The van der Waals surface area contributed by atoms with Gasteiger partial charge < -0.3 is 5.11 Å². The summed E-state index contributed by atoms with van der Waals surface area (Å²) in [7, 11) is -4.00. The first-order valence-electron chi connectivity index (χ1n) is 7.46. The molecular weight excluding hydrogens is 362 g/mol. The van der Waals surface area contributed by atoms with E-state index in [0.29, 0.717) is 10.6 Å². The number of hydrogen-bond donors (Lipinski definition) is 1. The molecule has 2 aromatic carbocycles. The second-order valence-electron chi connectivity index (χ2n) is 6.10. The number of halogens is 1. The molecule has 1 fully saturated rings. The van der Waals surface area contributed by atoms with E-state index >= 15 is 0 Å². The molecule has 0 heterocycles. The number of benzene rings is 2. The van der Waals surface area contributed by atoms with Crippen LogP contribution < -0.4 is 0 Å². The van der Waals surface area contributed by atoms with Crippen molar-refractivity contribution in [1.29, 1.82) is 5.26 Å². The Morgan fingerprint density at radius 1 is 1.24 bits per heavy atom. The molecule has 1 saturated carbocycles. The number of carboxylic acids is 1. The Morgan fingerprint density at radius 3 is 2.40 bits per heavy atom. The standard InChI is InChI=1S/C18H14ClNO4S/c1-11-5-7-14(8-6-11)25(23,24)16-15(18(16,10-20)17(21)22)12-3-2-4-13(19)9-12/h2-9,15-16H,1H3,(H,21,22)/t15-,16+,18-/m1/s1. The predicted octanol–water partition coefficient (Wildman–Crippen LogP) is 3.18. The molecule has 0 aromatic heterocycles. The number of carbonyl (C=O) groups is 1. The fraction of sp³-hybridized carbons (Fsp3) is 0.222. The van der Waals surface area contributed by atoms with Gasteiger partial charge in [0.25, 0.3) is 0 Å². The van der Waals surface area contributed by atoms with Crippen molar-refractivity contribution in [2.24, 2.45) is 5.41 Å². The summed E-state index contributed by atoms with van der Waals surface area (Å²) in [6.45, 7) is 1.82. The summed E-state index contributed by atoms with van der Waals surface area (Å²) in [4.78, 5) is 11.8. The number of sulfone groups is 1. The normalized spacial score (nSPS) is 25.2. The molecule has 25 heavy (non-hydrogen) atoms. The maximum atomic E-state index is 13.0. The first kappa shape index (κ1) is 17.5. The first-order valence-corrected chi connectivity index (χ1v) is 9.38. The molecule has 7 heteroatoms. The van der Waals surface area contributed by atoms with Crippen LogP contribution >= 0.6 is 11.6 Å². The van der Waals surface area contributed by atoms with Gasteiger partial charge in [0.2, 0.25) is 0 Å². The Morgan fingerprint density at radius 2 is 1.88 bits per heavy atom. The van der Waals surface area contributed by atoms with E-state index in [1.165, 1.54) is 18.2 Å². The van der Waals surface area contributed by atoms with Crippen molar-refractivity contribution in [1.82, 2.24) is 0 Å². The van der Waals surface area contributed by atoms with Crippen molar-refractivity contribution in [3.63, 3.8) is 0 Å². The predicted molar refractivity (Wildman–Crippen MR) is 92.0 cm³/mol. The molecule has 0 radical (unpaired) electrons. The number of rotatable bonds is 4. The highest BCUT2D eigenvalue weighted by Crippen LogP contribution is 2.64. The molecule has 0 bridgehead atoms. The van der Waals surface area contributed by atoms with Gasteiger partial charge in [0.15, 0.2) is 15.3 Å². The topological polar surface area (TPSA) is 95.2 Å². The molecule has 0 amide bonds. The van der Waals surface area contributed by atoms with Crippen LogP contribution in [0.3, 0.4) is 0 Å². The van der Waals surface area contributed by atoms with Crippen molar-refractivity contribution >= 4 is 27.4 Å². The third-order valence-corrected chi connectivity index (χ3v) is 7.04. The van der Waals surface area contributed by atoms with Gasteiger partial charge in [0.1, 0.15) is 5.25 Å². The molecule has 1 N–H and O–H groups in total. The van der Waals surface area contributed by atoms with E-state index in [9.17, 15) is 23.6 Å². The largest absolute Gasteiger partial charge is 0.480 e. The van der Waals surface area contributed by atoms with Gasteiger partial charge in [-0.1, -0.05) is 41.4 Å². The Kier molecular flexibility index (Phi) is 4.10. The minimum atomic E-state index is -4.00. The van der Waals surface area contributed by atoms with E-state index in [4.69, 9.17) is 11.6 Å². The molecule has 1 aliphatic rings. The van der Waals surface area contributed by atoms with E-state index in [-0.39, 0.29) is 4.90 Å². The zero-order valence-electron chi connectivity index (χ0n) is 13.2. The summed E-state index contributed by atoms with van der Waals surface area (Å²) in [6.07, 6.45) is 0. The second-order valence-corrected chi connectivity index (χ2v) is 8.60.